The lowest BCUT2D eigenvalue weighted by atomic mass is 9.93. The maximum Gasteiger partial charge on any atom is 0.322 e. The number of nitrogens with zero attached hydrogens (tertiary/aromatic N) is 3. The first-order valence-electron chi connectivity index (χ1n) is 9.80. The number of nitriles is 1. The Morgan fingerprint density at radius 2 is 2.03 bits per heavy atom. The van der Waals surface area contributed by atoms with Crippen LogP contribution in [0.5, 0.6) is 0 Å². The standard InChI is InChI=1S/C22H23FN4O2/c23-18-4-5-20(21(14-18)26-10-12-29-13-11-26)25-22(28)27-9-7-19-16(6-8-24)2-1-3-17(19)15-27/h1-5,14H,6-7,9-13,15H2,(H,25,28). The first-order valence-corrected chi connectivity index (χ1v) is 9.80. The van der Waals surface area contributed by atoms with Gasteiger partial charge in [-0.15, -0.1) is 0 Å². The lowest BCUT2D eigenvalue weighted by Crippen LogP contribution is -2.40. The zero-order valence-corrected chi connectivity index (χ0v) is 16.2. The molecule has 0 saturated carbocycles. The van der Waals surface area contributed by atoms with E-state index in [0.29, 0.717) is 57.2 Å². The molecule has 4 rings (SSSR count). The minimum Gasteiger partial charge on any atom is -0.378 e. The molecule has 2 heterocycles. The molecular formula is C22H23FN4O2. The Bertz CT molecular complexity index is 950. The van der Waals surface area contributed by atoms with Gasteiger partial charge >= 0.3 is 6.03 Å². The normalized spacial score (nSPS) is 16.1. The van der Waals surface area contributed by atoms with Gasteiger partial charge in [0.1, 0.15) is 5.82 Å². The number of nitrogens with one attached hydrogen (secondary N) is 1. The largest absolute Gasteiger partial charge is 0.378 e. The van der Waals surface area contributed by atoms with Gasteiger partial charge in [0.15, 0.2) is 0 Å². The topological polar surface area (TPSA) is 68.6 Å². The second kappa shape index (κ2) is 8.50. The Morgan fingerprint density at radius 3 is 2.83 bits per heavy atom. The molecule has 0 atom stereocenters. The third kappa shape index (κ3) is 4.17. The molecule has 0 bridgehead atoms. The molecule has 2 aromatic carbocycles. The van der Waals surface area contributed by atoms with Gasteiger partial charge in [0, 0.05) is 26.2 Å². The molecule has 2 aliphatic heterocycles. The van der Waals surface area contributed by atoms with E-state index in [1.807, 2.05) is 23.1 Å². The predicted molar refractivity (Wildman–Crippen MR) is 108 cm³/mol. The number of urea groups is 1. The summed E-state index contributed by atoms with van der Waals surface area (Å²) in [7, 11) is 0. The average molecular weight is 394 g/mol. The number of amides is 2. The molecule has 6 nitrogen and oxygen atoms in total. The van der Waals surface area contributed by atoms with Crippen molar-refractivity contribution in [3.05, 3.63) is 58.9 Å². The van der Waals surface area contributed by atoms with Gasteiger partial charge in [0.25, 0.3) is 0 Å². The van der Waals surface area contributed by atoms with E-state index in [2.05, 4.69) is 11.4 Å². The molecule has 0 aromatic heterocycles. The second-order valence-electron chi connectivity index (χ2n) is 7.25. The van der Waals surface area contributed by atoms with E-state index < -0.39 is 0 Å². The predicted octanol–water partition coefficient (Wildman–Crippen LogP) is 3.32. The first-order chi connectivity index (χ1) is 14.2. The van der Waals surface area contributed by atoms with Crippen LogP contribution in [-0.2, 0) is 24.1 Å². The number of hydrogen-bond acceptors (Lipinski definition) is 4. The first kappa shape index (κ1) is 19.2. The highest BCUT2D eigenvalue weighted by atomic mass is 19.1. The highest BCUT2D eigenvalue weighted by molar-refractivity contribution is 5.93. The smallest absolute Gasteiger partial charge is 0.322 e. The molecule has 1 fully saturated rings. The minimum atomic E-state index is -0.332. The summed E-state index contributed by atoms with van der Waals surface area (Å²) in [6, 6.07) is 12.3. The lowest BCUT2D eigenvalue weighted by Gasteiger charge is -2.32. The quantitative estimate of drug-likeness (QED) is 0.867. The number of ether oxygens (including phenoxy) is 1. The summed E-state index contributed by atoms with van der Waals surface area (Å²) in [6.07, 6.45) is 1.11. The van der Waals surface area contributed by atoms with E-state index in [4.69, 9.17) is 10.00 Å². The molecule has 1 saturated heterocycles. The molecule has 1 N–H and O–H groups in total. The Kier molecular flexibility index (Phi) is 5.63. The third-order valence-electron chi connectivity index (χ3n) is 5.47. The third-order valence-corrected chi connectivity index (χ3v) is 5.47. The average Bonchev–Trinajstić information content (AvgIpc) is 2.75. The zero-order valence-electron chi connectivity index (χ0n) is 16.2. The summed E-state index contributed by atoms with van der Waals surface area (Å²) in [4.78, 5) is 16.7. The fraction of sp³-hybridized carbons (Fsp3) is 0.364. The van der Waals surface area contributed by atoms with E-state index >= 15 is 0 Å². The van der Waals surface area contributed by atoms with E-state index in [1.54, 1.807) is 11.0 Å². The van der Waals surface area contributed by atoms with Crippen LogP contribution in [0.4, 0.5) is 20.6 Å². The maximum atomic E-state index is 13.9. The van der Waals surface area contributed by atoms with Gasteiger partial charge in [0.2, 0.25) is 0 Å². The highest BCUT2D eigenvalue weighted by Crippen LogP contribution is 2.29. The fourth-order valence-corrected chi connectivity index (χ4v) is 3.98. The SMILES string of the molecule is N#CCc1cccc2c1CCN(C(=O)Nc1ccc(F)cc1N1CCOCC1)C2. The number of fused-ring (bicyclic) bond motifs is 1. The number of anilines is 2. The number of hydrogen-bond donors (Lipinski definition) is 1. The Morgan fingerprint density at radius 1 is 1.21 bits per heavy atom. The number of carbonyl (C=O) groups is 1. The van der Waals surface area contributed by atoms with Gasteiger partial charge in [0.05, 0.1) is 37.1 Å². The van der Waals surface area contributed by atoms with Crippen LogP contribution in [0.25, 0.3) is 0 Å². The van der Waals surface area contributed by atoms with Crippen molar-refractivity contribution in [3.8, 4) is 6.07 Å². The van der Waals surface area contributed by atoms with Crippen molar-refractivity contribution in [3.63, 3.8) is 0 Å². The second-order valence-corrected chi connectivity index (χ2v) is 7.25. The van der Waals surface area contributed by atoms with Crippen molar-refractivity contribution in [1.29, 1.82) is 5.26 Å². The molecule has 2 aliphatic rings. The number of rotatable bonds is 3. The van der Waals surface area contributed by atoms with Gasteiger partial charge in [-0.3, -0.25) is 0 Å². The van der Waals surface area contributed by atoms with Crippen LogP contribution in [0.2, 0.25) is 0 Å². The lowest BCUT2D eigenvalue weighted by molar-refractivity contribution is 0.122. The summed E-state index contributed by atoms with van der Waals surface area (Å²) >= 11 is 0. The summed E-state index contributed by atoms with van der Waals surface area (Å²) in [5, 5.41) is 12.0. The van der Waals surface area contributed by atoms with Crippen molar-refractivity contribution in [1.82, 2.24) is 4.90 Å². The number of benzene rings is 2. The van der Waals surface area contributed by atoms with Gasteiger partial charge < -0.3 is 19.9 Å². The zero-order chi connectivity index (χ0) is 20.2. The van der Waals surface area contributed by atoms with Crippen molar-refractivity contribution in [2.45, 2.75) is 19.4 Å². The van der Waals surface area contributed by atoms with E-state index in [0.717, 1.165) is 17.5 Å². The van der Waals surface area contributed by atoms with Crippen LogP contribution < -0.4 is 10.2 Å². The minimum absolute atomic E-state index is 0.206. The van der Waals surface area contributed by atoms with Gasteiger partial charge in [-0.2, -0.15) is 5.26 Å². The van der Waals surface area contributed by atoms with Crippen molar-refractivity contribution in [2.24, 2.45) is 0 Å². The molecule has 29 heavy (non-hydrogen) atoms. The molecular weight excluding hydrogens is 371 g/mol. The van der Waals surface area contributed by atoms with Crippen molar-refractivity contribution >= 4 is 17.4 Å². The summed E-state index contributed by atoms with van der Waals surface area (Å²) in [5.74, 6) is -0.332. The molecule has 7 heteroatoms. The van der Waals surface area contributed by atoms with Crippen LogP contribution in [0.3, 0.4) is 0 Å². The van der Waals surface area contributed by atoms with Crippen LogP contribution in [0.1, 0.15) is 16.7 Å². The molecule has 2 amide bonds. The van der Waals surface area contributed by atoms with Crippen LogP contribution in [0, 0.1) is 17.1 Å². The molecule has 0 aliphatic carbocycles. The molecule has 0 spiro atoms. The molecule has 0 unspecified atom stereocenters. The van der Waals surface area contributed by atoms with Crippen molar-refractivity contribution in [2.75, 3.05) is 43.1 Å². The van der Waals surface area contributed by atoms with E-state index in [1.165, 1.54) is 17.7 Å². The molecule has 2 aromatic rings. The summed E-state index contributed by atoms with van der Waals surface area (Å²) < 4.78 is 19.2. The van der Waals surface area contributed by atoms with E-state index in [-0.39, 0.29) is 11.8 Å². The summed E-state index contributed by atoms with van der Waals surface area (Å²) in [5.41, 5.74) is 4.57. The van der Waals surface area contributed by atoms with E-state index in [9.17, 15) is 9.18 Å². The van der Waals surface area contributed by atoms with Gasteiger partial charge in [-0.05, 0) is 41.3 Å². The van der Waals surface area contributed by atoms with Crippen molar-refractivity contribution < 1.29 is 13.9 Å². The van der Waals surface area contributed by atoms with Gasteiger partial charge in [-0.1, -0.05) is 18.2 Å². The number of morpholine rings is 1. The number of halogens is 1. The number of carbonyl (C=O) groups excluding carboxylic acids is 1. The highest BCUT2D eigenvalue weighted by Gasteiger charge is 2.24. The Balaban J connectivity index is 1.51. The Labute approximate surface area is 169 Å². The summed E-state index contributed by atoms with van der Waals surface area (Å²) in [6.45, 7) is 3.55. The maximum absolute atomic E-state index is 13.9. The van der Waals surface area contributed by atoms with Crippen LogP contribution in [0.15, 0.2) is 36.4 Å². The Hall–Kier alpha value is -3.11. The van der Waals surface area contributed by atoms with Crippen LogP contribution >= 0.6 is 0 Å². The van der Waals surface area contributed by atoms with Gasteiger partial charge in [-0.25, -0.2) is 9.18 Å². The monoisotopic (exact) mass is 394 g/mol. The fourth-order valence-electron chi connectivity index (χ4n) is 3.98. The van der Waals surface area contributed by atoms with Crippen LogP contribution in [-0.4, -0.2) is 43.8 Å². The molecule has 150 valence electrons. The molecule has 0 radical (unpaired) electrons.